The van der Waals surface area contributed by atoms with Gasteiger partial charge < -0.3 is 10.1 Å². The zero-order valence-electron chi connectivity index (χ0n) is 13.7. The first-order valence-corrected chi connectivity index (χ1v) is 8.79. The Kier molecular flexibility index (Phi) is 5.26. The Morgan fingerprint density at radius 1 is 1.00 bits per heavy atom. The van der Waals surface area contributed by atoms with E-state index in [-0.39, 0.29) is 12.5 Å². The van der Waals surface area contributed by atoms with Gasteiger partial charge in [0, 0.05) is 16.5 Å². The van der Waals surface area contributed by atoms with Crippen molar-refractivity contribution in [2.75, 3.05) is 11.9 Å². The summed E-state index contributed by atoms with van der Waals surface area (Å²) in [6.45, 7) is 2.03. The molecule has 0 bridgehead atoms. The molecule has 0 saturated carbocycles. The molecule has 1 N–H and O–H groups in total. The maximum atomic E-state index is 12.5. The van der Waals surface area contributed by atoms with E-state index in [0.717, 1.165) is 11.1 Å². The Morgan fingerprint density at radius 3 is 2.28 bits per heavy atom. The third kappa shape index (κ3) is 3.78. The van der Waals surface area contributed by atoms with Crippen molar-refractivity contribution in [1.82, 2.24) is 0 Å². The van der Waals surface area contributed by atoms with Crippen LogP contribution in [0.15, 0.2) is 66.0 Å². The van der Waals surface area contributed by atoms with Gasteiger partial charge in [-0.1, -0.05) is 48.5 Å². The van der Waals surface area contributed by atoms with E-state index in [9.17, 15) is 9.59 Å². The molecule has 1 aromatic heterocycles. The number of amides is 1. The Labute approximate surface area is 150 Å². The van der Waals surface area contributed by atoms with E-state index < -0.39 is 5.97 Å². The van der Waals surface area contributed by atoms with Gasteiger partial charge in [-0.25, -0.2) is 4.79 Å². The van der Waals surface area contributed by atoms with Crippen molar-refractivity contribution in [3.8, 4) is 11.1 Å². The van der Waals surface area contributed by atoms with Gasteiger partial charge in [0.2, 0.25) is 0 Å². The zero-order chi connectivity index (χ0) is 17.6. The van der Waals surface area contributed by atoms with Crippen LogP contribution < -0.4 is 5.32 Å². The van der Waals surface area contributed by atoms with Gasteiger partial charge in [-0.2, -0.15) is 0 Å². The Hall–Kier alpha value is -2.92. The molecular formula is C20H17NO3S. The van der Waals surface area contributed by atoms with E-state index in [1.54, 1.807) is 31.2 Å². The van der Waals surface area contributed by atoms with Gasteiger partial charge >= 0.3 is 5.97 Å². The zero-order valence-corrected chi connectivity index (χ0v) is 14.5. The van der Waals surface area contributed by atoms with Gasteiger partial charge in [-0.05, 0) is 24.6 Å². The second kappa shape index (κ2) is 7.77. The lowest BCUT2D eigenvalue weighted by atomic mass is 10.0. The van der Waals surface area contributed by atoms with Crippen molar-refractivity contribution in [1.29, 1.82) is 0 Å². The molecule has 0 unspecified atom stereocenters. The minimum atomic E-state index is -0.439. The number of anilines is 1. The number of carbonyl (C=O) groups is 2. The summed E-state index contributed by atoms with van der Waals surface area (Å²) in [6.07, 6.45) is 0. The van der Waals surface area contributed by atoms with E-state index in [0.29, 0.717) is 16.1 Å². The fraction of sp³-hybridized carbons (Fsp3) is 0.100. The van der Waals surface area contributed by atoms with E-state index in [1.807, 2.05) is 41.8 Å². The summed E-state index contributed by atoms with van der Waals surface area (Å²) in [4.78, 5) is 24.9. The smallest absolute Gasteiger partial charge is 0.341 e. The van der Waals surface area contributed by atoms with E-state index in [2.05, 4.69) is 5.32 Å². The van der Waals surface area contributed by atoms with Crippen molar-refractivity contribution in [2.24, 2.45) is 0 Å². The van der Waals surface area contributed by atoms with E-state index >= 15 is 0 Å². The summed E-state index contributed by atoms with van der Waals surface area (Å²) in [7, 11) is 0. The predicted octanol–water partition coefficient (Wildman–Crippen LogP) is 4.84. The molecule has 0 atom stereocenters. The first kappa shape index (κ1) is 16.9. The standard InChI is InChI=1S/C20H17NO3S/c1-2-24-20(23)17-16(14-9-5-3-6-10-14)13-25-19(17)21-18(22)15-11-7-4-8-12-15/h3-13H,2H2,1H3,(H,21,22). The fourth-order valence-electron chi connectivity index (χ4n) is 2.45. The molecule has 0 aliphatic carbocycles. The van der Waals surface area contributed by atoms with E-state index in [4.69, 9.17) is 4.74 Å². The summed E-state index contributed by atoms with van der Waals surface area (Å²) in [6, 6.07) is 18.5. The number of hydrogen-bond donors (Lipinski definition) is 1. The lowest BCUT2D eigenvalue weighted by molar-refractivity contribution is 0.0529. The molecule has 0 aliphatic rings. The number of nitrogens with one attached hydrogen (secondary N) is 1. The maximum absolute atomic E-state index is 12.5. The minimum Gasteiger partial charge on any atom is -0.462 e. The van der Waals surface area contributed by atoms with Crippen LogP contribution in [0.1, 0.15) is 27.6 Å². The maximum Gasteiger partial charge on any atom is 0.341 e. The molecule has 4 nitrogen and oxygen atoms in total. The van der Waals surface area contributed by atoms with Gasteiger partial charge in [0.1, 0.15) is 10.6 Å². The molecule has 126 valence electrons. The molecule has 1 amide bonds. The summed E-state index contributed by atoms with van der Waals surface area (Å²) < 4.78 is 5.19. The highest BCUT2D eigenvalue weighted by Crippen LogP contribution is 2.36. The second-order valence-electron chi connectivity index (χ2n) is 5.26. The normalized spacial score (nSPS) is 10.3. The van der Waals surface area contributed by atoms with E-state index in [1.165, 1.54) is 11.3 Å². The Morgan fingerprint density at radius 2 is 1.64 bits per heavy atom. The predicted molar refractivity (Wildman–Crippen MR) is 100 cm³/mol. The molecule has 25 heavy (non-hydrogen) atoms. The van der Waals surface area contributed by atoms with Crippen LogP contribution in [-0.4, -0.2) is 18.5 Å². The lowest BCUT2D eigenvalue weighted by Crippen LogP contribution is -2.14. The number of benzene rings is 2. The summed E-state index contributed by atoms with van der Waals surface area (Å²) in [5.74, 6) is -0.696. The first-order chi connectivity index (χ1) is 12.2. The third-order valence-corrected chi connectivity index (χ3v) is 4.51. The molecule has 0 saturated heterocycles. The van der Waals surface area contributed by atoms with Gasteiger partial charge in [-0.15, -0.1) is 11.3 Å². The molecule has 3 aromatic rings. The average molecular weight is 351 g/mol. The van der Waals surface area contributed by atoms with Crippen LogP contribution >= 0.6 is 11.3 Å². The van der Waals surface area contributed by atoms with Crippen molar-refractivity contribution in [3.63, 3.8) is 0 Å². The number of esters is 1. The van der Waals surface area contributed by atoms with Crippen molar-refractivity contribution in [3.05, 3.63) is 77.2 Å². The quantitative estimate of drug-likeness (QED) is 0.669. The SMILES string of the molecule is CCOC(=O)c1c(-c2ccccc2)csc1NC(=O)c1ccccc1. The Bertz CT molecular complexity index is 872. The molecule has 3 rings (SSSR count). The third-order valence-electron chi connectivity index (χ3n) is 3.62. The summed E-state index contributed by atoms with van der Waals surface area (Å²) >= 11 is 1.32. The van der Waals surface area contributed by atoms with Crippen LogP contribution in [0.2, 0.25) is 0 Å². The van der Waals surface area contributed by atoms with Crippen LogP contribution in [0.5, 0.6) is 0 Å². The Balaban J connectivity index is 1.98. The molecular weight excluding hydrogens is 334 g/mol. The molecule has 0 fully saturated rings. The van der Waals surface area contributed by atoms with Crippen LogP contribution in [0.3, 0.4) is 0 Å². The number of thiophene rings is 1. The number of hydrogen-bond acceptors (Lipinski definition) is 4. The van der Waals surface area contributed by atoms with Crippen molar-refractivity contribution < 1.29 is 14.3 Å². The monoisotopic (exact) mass is 351 g/mol. The molecule has 0 radical (unpaired) electrons. The average Bonchev–Trinajstić information content (AvgIpc) is 3.07. The molecule has 2 aromatic carbocycles. The molecule has 5 heteroatoms. The van der Waals surface area contributed by atoms with Crippen LogP contribution in [0.4, 0.5) is 5.00 Å². The number of rotatable bonds is 5. The highest BCUT2D eigenvalue weighted by molar-refractivity contribution is 7.15. The second-order valence-corrected chi connectivity index (χ2v) is 6.14. The van der Waals surface area contributed by atoms with Crippen molar-refractivity contribution in [2.45, 2.75) is 6.92 Å². The largest absolute Gasteiger partial charge is 0.462 e. The summed E-state index contributed by atoms with van der Waals surface area (Å²) in [5.41, 5.74) is 2.59. The molecule has 0 aliphatic heterocycles. The van der Waals surface area contributed by atoms with Gasteiger partial charge in [-0.3, -0.25) is 4.79 Å². The van der Waals surface area contributed by atoms with Gasteiger partial charge in [0.05, 0.1) is 6.61 Å². The summed E-state index contributed by atoms with van der Waals surface area (Å²) in [5, 5.41) is 5.19. The topological polar surface area (TPSA) is 55.4 Å². The van der Waals surface area contributed by atoms with Crippen LogP contribution in [-0.2, 0) is 4.74 Å². The highest BCUT2D eigenvalue weighted by Gasteiger charge is 2.22. The minimum absolute atomic E-state index is 0.257. The first-order valence-electron chi connectivity index (χ1n) is 7.91. The van der Waals surface area contributed by atoms with Crippen molar-refractivity contribution >= 4 is 28.2 Å². The van der Waals surface area contributed by atoms with Gasteiger partial charge in [0.25, 0.3) is 5.91 Å². The molecule has 1 heterocycles. The van der Waals surface area contributed by atoms with Gasteiger partial charge in [0.15, 0.2) is 0 Å². The van der Waals surface area contributed by atoms with Crippen LogP contribution in [0.25, 0.3) is 11.1 Å². The number of ether oxygens (including phenoxy) is 1. The number of carbonyl (C=O) groups excluding carboxylic acids is 2. The molecule has 0 spiro atoms. The highest BCUT2D eigenvalue weighted by atomic mass is 32.1. The lowest BCUT2D eigenvalue weighted by Gasteiger charge is -2.09. The fourth-order valence-corrected chi connectivity index (χ4v) is 3.40. The van der Waals surface area contributed by atoms with Crippen LogP contribution in [0, 0.1) is 0 Å².